The topological polar surface area (TPSA) is 0 Å². The Kier molecular flexibility index (Phi) is 10.3. The van der Waals surface area contributed by atoms with Gasteiger partial charge in [-0.15, -0.1) is 12.8 Å². The average Bonchev–Trinajstić information content (AvgIpc) is 2.92. The van der Waals surface area contributed by atoms with Crippen molar-refractivity contribution in [1.29, 1.82) is 0 Å². The van der Waals surface area contributed by atoms with Gasteiger partial charge in [0.2, 0.25) is 0 Å². The van der Waals surface area contributed by atoms with E-state index < -0.39 is 0 Å². The predicted molar refractivity (Wildman–Crippen MR) is 70.8 cm³/mol. The van der Waals surface area contributed by atoms with Crippen molar-refractivity contribution < 1.29 is 17.1 Å². The van der Waals surface area contributed by atoms with Gasteiger partial charge in [-0.05, 0) is 12.8 Å². The molecule has 0 radical (unpaired) electrons. The minimum Gasteiger partial charge on any atom is -0.273 e. The average molecular weight is 270 g/mol. The fourth-order valence-corrected chi connectivity index (χ4v) is 1.84. The van der Waals surface area contributed by atoms with E-state index in [2.05, 4.69) is 38.2 Å². The standard InChI is InChI=1S/2C8H11.Fe/c2*1-2-5-8-6-3-4-7-8;/h2*3,6H,2,5,7H2,1H3;/q2*-1;+2. The van der Waals surface area contributed by atoms with Crippen LogP contribution in [0.4, 0.5) is 0 Å². The summed E-state index contributed by atoms with van der Waals surface area (Å²) in [5.41, 5.74) is 3.07. The van der Waals surface area contributed by atoms with Crippen LogP contribution in [0.2, 0.25) is 0 Å². The van der Waals surface area contributed by atoms with Gasteiger partial charge in [0.05, 0.1) is 0 Å². The Bertz CT molecular complexity index is 273. The zero-order valence-electron chi connectivity index (χ0n) is 10.9. The van der Waals surface area contributed by atoms with Crippen molar-refractivity contribution in [3.63, 3.8) is 0 Å². The molecule has 0 aromatic carbocycles. The van der Waals surface area contributed by atoms with Gasteiger partial charge >= 0.3 is 17.1 Å². The summed E-state index contributed by atoms with van der Waals surface area (Å²) in [6.45, 7) is 4.42. The maximum absolute atomic E-state index is 3.14. The molecule has 0 unspecified atom stereocenters. The quantitative estimate of drug-likeness (QED) is 0.501. The van der Waals surface area contributed by atoms with Gasteiger partial charge in [-0.1, -0.05) is 26.7 Å². The first-order valence-corrected chi connectivity index (χ1v) is 6.36. The summed E-state index contributed by atoms with van der Waals surface area (Å²) >= 11 is 0. The van der Waals surface area contributed by atoms with Crippen LogP contribution >= 0.6 is 0 Å². The zero-order valence-corrected chi connectivity index (χ0v) is 12.0. The summed E-state index contributed by atoms with van der Waals surface area (Å²) < 4.78 is 0. The van der Waals surface area contributed by atoms with Gasteiger partial charge in [0.15, 0.2) is 0 Å². The van der Waals surface area contributed by atoms with Gasteiger partial charge in [0.25, 0.3) is 0 Å². The third-order valence-corrected chi connectivity index (χ3v) is 2.67. The van der Waals surface area contributed by atoms with Crippen LogP contribution in [0.5, 0.6) is 0 Å². The first-order chi connectivity index (χ1) is 7.86. The molecule has 0 spiro atoms. The summed E-state index contributed by atoms with van der Waals surface area (Å²) in [7, 11) is 0. The minimum absolute atomic E-state index is 0. The van der Waals surface area contributed by atoms with Crippen molar-refractivity contribution in [2.75, 3.05) is 0 Å². The van der Waals surface area contributed by atoms with Gasteiger partial charge < -0.3 is 0 Å². The Morgan fingerprint density at radius 2 is 1.29 bits per heavy atom. The van der Waals surface area contributed by atoms with E-state index in [1.54, 1.807) is 0 Å². The van der Waals surface area contributed by atoms with E-state index in [0.717, 1.165) is 12.8 Å². The van der Waals surface area contributed by atoms with Gasteiger partial charge in [-0.3, -0.25) is 12.2 Å². The van der Waals surface area contributed by atoms with E-state index in [9.17, 15) is 0 Å². The molecule has 0 aromatic rings. The molecule has 2 rings (SSSR count). The summed E-state index contributed by atoms with van der Waals surface area (Å²) in [6, 6.07) is 0. The van der Waals surface area contributed by atoms with Crippen LogP contribution in [-0.2, 0) is 17.1 Å². The van der Waals surface area contributed by atoms with Gasteiger partial charge in [-0.2, -0.15) is 11.1 Å². The van der Waals surface area contributed by atoms with E-state index in [0.29, 0.717) is 0 Å². The number of hydrogen-bond acceptors (Lipinski definition) is 0. The molecule has 0 aliphatic heterocycles. The molecule has 0 aromatic heterocycles. The minimum atomic E-state index is 0. The van der Waals surface area contributed by atoms with E-state index >= 15 is 0 Å². The van der Waals surface area contributed by atoms with Crippen molar-refractivity contribution in [3.05, 3.63) is 47.6 Å². The van der Waals surface area contributed by atoms with Gasteiger partial charge in [-0.25, -0.2) is 24.3 Å². The van der Waals surface area contributed by atoms with E-state index in [4.69, 9.17) is 0 Å². The van der Waals surface area contributed by atoms with E-state index in [-0.39, 0.29) is 17.1 Å². The second-order valence-electron chi connectivity index (χ2n) is 4.24. The summed E-state index contributed by atoms with van der Waals surface area (Å²) in [5, 5.41) is 0. The van der Waals surface area contributed by atoms with Crippen LogP contribution in [0.3, 0.4) is 0 Å². The number of allylic oxidation sites excluding steroid dienone is 8. The Hall–Kier alpha value is -0.521. The molecule has 0 saturated heterocycles. The van der Waals surface area contributed by atoms with E-state index in [1.807, 2.05) is 12.2 Å². The maximum atomic E-state index is 3.14. The van der Waals surface area contributed by atoms with Crippen LogP contribution in [0, 0.1) is 12.2 Å². The van der Waals surface area contributed by atoms with Crippen molar-refractivity contribution in [1.82, 2.24) is 0 Å². The zero-order chi connectivity index (χ0) is 11.6. The molecule has 0 atom stereocenters. The molecule has 0 amide bonds. The predicted octanol–water partition coefficient (Wildman–Crippen LogP) is 4.95. The fraction of sp³-hybridized carbons (Fsp3) is 0.500. The molecule has 0 fully saturated rings. The van der Waals surface area contributed by atoms with Crippen molar-refractivity contribution in [3.8, 4) is 0 Å². The second kappa shape index (κ2) is 10.6. The largest absolute Gasteiger partial charge is 2.00 e. The van der Waals surface area contributed by atoms with Crippen LogP contribution in [0.1, 0.15) is 52.4 Å². The number of rotatable bonds is 4. The molecule has 94 valence electrons. The van der Waals surface area contributed by atoms with Gasteiger partial charge in [0.1, 0.15) is 0 Å². The molecule has 1 heteroatoms. The normalized spacial score (nSPS) is 15.9. The Labute approximate surface area is 117 Å². The molecule has 0 N–H and O–H groups in total. The maximum Gasteiger partial charge on any atom is 2.00 e. The first kappa shape index (κ1) is 16.5. The van der Waals surface area contributed by atoms with Crippen LogP contribution < -0.4 is 0 Å². The molecular weight excluding hydrogens is 248 g/mol. The molecular formula is C16H22Fe. The van der Waals surface area contributed by atoms with Crippen molar-refractivity contribution in [2.45, 2.75) is 52.4 Å². The monoisotopic (exact) mass is 270 g/mol. The summed E-state index contributed by atoms with van der Waals surface area (Å²) in [4.78, 5) is 0. The smallest absolute Gasteiger partial charge is 0.273 e. The van der Waals surface area contributed by atoms with Crippen molar-refractivity contribution >= 4 is 0 Å². The Balaban J connectivity index is 0.000000284. The second-order valence-corrected chi connectivity index (χ2v) is 4.24. The molecule has 2 aliphatic rings. The van der Waals surface area contributed by atoms with E-state index in [1.165, 1.54) is 36.8 Å². The Morgan fingerprint density at radius 3 is 1.53 bits per heavy atom. The summed E-state index contributed by atoms with van der Waals surface area (Å²) in [5.74, 6) is 0. The van der Waals surface area contributed by atoms with Crippen LogP contribution in [0.25, 0.3) is 0 Å². The Morgan fingerprint density at radius 1 is 0.882 bits per heavy atom. The fourth-order valence-electron chi connectivity index (χ4n) is 1.84. The summed E-state index contributed by atoms with van der Waals surface area (Å²) in [6.07, 6.45) is 21.8. The van der Waals surface area contributed by atoms with Gasteiger partial charge in [0, 0.05) is 0 Å². The SMILES string of the molecule is CCCC1=CC=[C-]C1.CCCC1=CC=[C-]C1.[Fe+2]. The molecule has 0 nitrogen and oxygen atoms in total. The van der Waals surface area contributed by atoms with Crippen molar-refractivity contribution in [2.24, 2.45) is 0 Å². The molecule has 17 heavy (non-hydrogen) atoms. The third-order valence-electron chi connectivity index (χ3n) is 2.67. The molecule has 0 bridgehead atoms. The van der Waals surface area contributed by atoms with Crippen LogP contribution in [0.15, 0.2) is 35.5 Å². The number of hydrogen-bond donors (Lipinski definition) is 0. The molecule has 2 aliphatic carbocycles. The van der Waals surface area contributed by atoms with Crippen LogP contribution in [-0.4, -0.2) is 0 Å². The third kappa shape index (κ3) is 7.41. The molecule has 0 saturated carbocycles. The first-order valence-electron chi connectivity index (χ1n) is 6.36. The molecule has 0 heterocycles.